The highest BCUT2D eigenvalue weighted by atomic mass is 19.4. The van der Waals surface area contributed by atoms with Crippen LogP contribution in [0, 0.1) is 6.92 Å². The van der Waals surface area contributed by atoms with Gasteiger partial charge in [0.25, 0.3) is 0 Å². The number of halogens is 3. The summed E-state index contributed by atoms with van der Waals surface area (Å²) in [6.07, 6.45) is 0.462. The van der Waals surface area contributed by atoms with E-state index < -0.39 is 11.7 Å². The van der Waals surface area contributed by atoms with Crippen molar-refractivity contribution >= 4 is 0 Å². The first-order chi connectivity index (χ1) is 10.4. The number of rotatable bonds is 2. The third-order valence-electron chi connectivity index (χ3n) is 3.28. The largest absolute Gasteiger partial charge is 0.444 e. The monoisotopic (exact) mass is 304 g/mol. The molecule has 0 saturated heterocycles. The number of nitrogens with zero attached hydrogens (tertiary/aromatic N) is 2. The van der Waals surface area contributed by atoms with Gasteiger partial charge in [0.15, 0.2) is 0 Å². The molecule has 0 atom stereocenters. The molecule has 0 aliphatic rings. The maximum atomic E-state index is 12.5. The van der Waals surface area contributed by atoms with Crippen LogP contribution in [-0.4, -0.2) is 9.97 Å². The molecule has 112 valence electrons. The molecule has 0 saturated carbocycles. The van der Waals surface area contributed by atoms with Crippen LogP contribution in [0.25, 0.3) is 22.7 Å². The first kappa shape index (κ1) is 14.3. The summed E-state index contributed by atoms with van der Waals surface area (Å²) >= 11 is 0. The van der Waals surface area contributed by atoms with E-state index >= 15 is 0 Å². The predicted octanol–water partition coefficient (Wildman–Crippen LogP) is 4.73. The zero-order valence-corrected chi connectivity index (χ0v) is 11.6. The van der Waals surface area contributed by atoms with Gasteiger partial charge in [-0.25, -0.2) is 4.98 Å². The molecule has 0 radical (unpaired) electrons. The van der Waals surface area contributed by atoms with E-state index in [9.17, 15) is 13.2 Å². The second kappa shape index (κ2) is 5.29. The van der Waals surface area contributed by atoms with Gasteiger partial charge in [-0.1, -0.05) is 0 Å². The molecule has 0 aliphatic carbocycles. The molecule has 0 unspecified atom stereocenters. The normalized spacial score (nSPS) is 11.6. The SMILES string of the molecule is Cc1ccncc1-c1coc(-c2ccc(C(F)(F)F)cc2)n1. The van der Waals surface area contributed by atoms with E-state index in [4.69, 9.17) is 4.42 Å². The summed E-state index contributed by atoms with van der Waals surface area (Å²) in [5, 5.41) is 0. The van der Waals surface area contributed by atoms with Crippen molar-refractivity contribution in [3.8, 4) is 22.7 Å². The van der Waals surface area contributed by atoms with Crippen LogP contribution in [0.2, 0.25) is 0 Å². The molecule has 0 fully saturated rings. The highest BCUT2D eigenvalue weighted by Gasteiger charge is 2.30. The Morgan fingerprint density at radius 3 is 2.41 bits per heavy atom. The number of benzene rings is 1. The summed E-state index contributed by atoms with van der Waals surface area (Å²) in [6.45, 7) is 1.92. The number of hydrogen-bond acceptors (Lipinski definition) is 3. The number of aromatic nitrogens is 2. The van der Waals surface area contributed by atoms with Crippen molar-refractivity contribution in [1.82, 2.24) is 9.97 Å². The average Bonchev–Trinajstić information content (AvgIpc) is 2.96. The van der Waals surface area contributed by atoms with Gasteiger partial charge in [-0.05, 0) is 42.8 Å². The van der Waals surface area contributed by atoms with E-state index in [1.165, 1.54) is 18.4 Å². The van der Waals surface area contributed by atoms with Gasteiger partial charge in [0.05, 0.1) is 5.56 Å². The molecule has 1 aromatic carbocycles. The lowest BCUT2D eigenvalue weighted by Gasteiger charge is -2.06. The third kappa shape index (κ3) is 2.72. The number of hydrogen-bond donors (Lipinski definition) is 0. The zero-order chi connectivity index (χ0) is 15.7. The molecular weight excluding hydrogens is 293 g/mol. The highest BCUT2D eigenvalue weighted by molar-refractivity contribution is 5.64. The Kier molecular flexibility index (Phi) is 3.44. The molecule has 0 bridgehead atoms. The summed E-state index contributed by atoms with van der Waals surface area (Å²) in [7, 11) is 0. The first-order valence-electron chi connectivity index (χ1n) is 6.49. The van der Waals surface area contributed by atoms with Crippen LogP contribution in [0.4, 0.5) is 13.2 Å². The number of alkyl halides is 3. The number of aryl methyl sites for hydroxylation is 1. The van der Waals surface area contributed by atoms with Crippen molar-refractivity contribution in [2.75, 3.05) is 0 Å². The molecule has 6 heteroatoms. The first-order valence-corrected chi connectivity index (χ1v) is 6.49. The Balaban J connectivity index is 1.93. The van der Waals surface area contributed by atoms with Crippen LogP contribution in [-0.2, 0) is 6.18 Å². The van der Waals surface area contributed by atoms with Crippen molar-refractivity contribution in [2.45, 2.75) is 13.1 Å². The number of oxazole rings is 1. The lowest BCUT2D eigenvalue weighted by atomic mass is 10.1. The van der Waals surface area contributed by atoms with E-state index in [2.05, 4.69) is 9.97 Å². The van der Waals surface area contributed by atoms with Crippen LogP contribution in [0.5, 0.6) is 0 Å². The Hall–Kier alpha value is -2.63. The lowest BCUT2D eigenvalue weighted by Crippen LogP contribution is -2.03. The maximum absolute atomic E-state index is 12.5. The van der Waals surface area contributed by atoms with Gasteiger partial charge < -0.3 is 4.42 Å². The standard InChI is InChI=1S/C16H11F3N2O/c1-10-6-7-20-8-13(10)14-9-22-15(21-14)11-2-4-12(5-3-11)16(17,18)19/h2-9H,1H3. The molecule has 2 aromatic heterocycles. The Morgan fingerprint density at radius 2 is 1.77 bits per heavy atom. The quantitative estimate of drug-likeness (QED) is 0.687. The van der Waals surface area contributed by atoms with E-state index in [0.717, 1.165) is 23.3 Å². The fraction of sp³-hybridized carbons (Fsp3) is 0.125. The summed E-state index contributed by atoms with van der Waals surface area (Å²) in [5.41, 5.74) is 2.19. The van der Waals surface area contributed by atoms with Crippen molar-refractivity contribution in [2.24, 2.45) is 0 Å². The van der Waals surface area contributed by atoms with Crippen molar-refractivity contribution in [3.63, 3.8) is 0 Å². The van der Waals surface area contributed by atoms with E-state index in [0.29, 0.717) is 11.3 Å². The summed E-state index contributed by atoms with van der Waals surface area (Å²) < 4.78 is 43.0. The van der Waals surface area contributed by atoms with E-state index in [1.807, 2.05) is 13.0 Å². The predicted molar refractivity (Wildman–Crippen MR) is 74.9 cm³/mol. The third-order valence-corrected chi connectivity index (χ3v) is 3.28. The van der Waals surface area contributed by atoms with Crippen LogP contribution < -0.4 is 0 Å². The van der Waals surface area contributed by atoms with E-state index in [-0.39, 0.29) is 5.89 Å². The summed E-state index contributed by atoms with van der Waals surface area (Å²) in [4.78, 5) is 8.35. The van der Waals surface area contributed by atoms with E-state index in [1.54, 1.807) is 12.4 Å². The fourth-order valence-corrected chi connectivity index (χ4v) is 2.06. The smallest absolute Gasteiger partial charge is 0.416 e. The zero-order valence-electron chi connectivity index (χ0n) is 11.6. The molecule has 0 amide bonds. The van der Waals surface area contributed by atoms with Crippen LogP contribution in [0.15, 0.2) is 53.4 Å². The summed E-state index contributed by atoms with van der Waals surface area (Å²) in [5.74, 6) is 0.270. The highest BCUT2D eigenvalue weighted by Crippen LogP contribution is 2.31. The molecular formula is C16H11F3N2O. The molecule has 0 aliphatic heterocycles. The maximum Gasteiger partial charge on any atom is 0.416 e. The van der Waals surface area contributed by atoms with Gasteiger partial charge in [0.2, 0.25) is 5.89 Å². The number of pyridine rings is 1. The molecule has 3 aromatic rings. The van der Waals surface area contributed by atoms with Crippen LogP contribution in [0.1, 0.15) is 11.1 Å². The average molecular weight is 304 g/mol. The molecule has 0 N–H and O–H groups in total. The topological polar surface area (TPSA) is 38.9 Å². The minimum absolute atomic E-state index is 0.270. The van der Waals surface area contributed by atoms with Crippen LogP contribution in [0.3, 0.4) is 0 Å². The molecule has 0 spiro atoms. The molecule has 2 heterocycles. The minimum atomic E-state index is -4.35. The van der Waals surface area contributed by atoms with Gasteiger partial charge in [-0.15, -0.1) is 0 Å². The van der Waals surface area contributed by atoms with Crippen LogP contribution >= 0.6 is 0 Å². The molecule has 22 heavy (non-hydrogen) atoms. The molecule has 3 rings (SSSR count). The van der Waals surface area contributed by atoms with Gasteiger partial charge in [-0.3, -0.25) is 4.98 Å². The Bertz CT molecular complexity index is 792. The molecule has 3 nitrogen and oxygen atoms in total. The second-order valence-corrected chi connectivity index (χ2v) is 4.80. The van der Waals surface area contributed by atoms with Crippen molar-refractivity contribution < 1.29 is 17.6 Å². The van der Waals surface area contributed by atoms with Gasteiger partial charge in [-0.2, -0.15) is 13.2 Å². The minimum Gasteiger partial charge on any atom is -0.444 e. The Labute approximate surface area is 124 Å². The Morgan fingerprint density at radius 1 is 1.05 bits per heavy atom. The second-order valence-electron chi connectivity index (χ2n) is 4.80. The summed E-state index contributed by atoms with van der Waals surface area (Å²) in [6, 6.07) is 6.55. The van der Waals surface area contributed by atoms with Crippen molar-refractivity contribution in [1.29, 1.82) is 0 Å². The lowest BCUT2D eigenvalue weighted by molar-refractivity contribution is -0.137. The van der Waals surface area contributed by atoms with Gasteiger partial charge in [0.1, 0.15) is 12.0 Å². The van der Waals surface area contributed by atoms with Gasteiger partial charge in [0, 0.05) is 23.5 Å². The fourth-order valence-electron chi connectivity index (χ4n) is 2.06. The van der Waals surface area contributed by atoms with Gasteiger partial charge >= 0.3 is 6.18 Å². The van der Waals surface area contributed by atoms with Crippen molar-refractivity contribution in [3.05, 3.63) is 60.1 Å².